The van der Waals surface area contributed by atoms with Crippen LogP contribution in [0.4, 0.5) is 5.69 Å². The second-order valence-electron chi connectivity index (χ2n) is 4.24. The van der Waals surface area contributed by atoms with E-state index in [1.54, 1.807) is 6.92 Å². The zero-order chi connectivity index (χ0) is 15.3. The summed E-state index contributed by atoms with van der Waals surface area (Å²) in [5, 5.41) is 0. The zero-order valence-electron chi connectivity index (χ0n) is 11.9. The van der Waals surface area contributed by atoms with Crippen molar-refractivity contribution in [3.05, 3.63) is 23.8 Å². The quantitative estimate of drug-likeness (QED) is 0.635. The van der Waals surface area contributed by atoms with E-state index < -0.39 is 16.0 Å². The summed E-state index contributed by atoms with van der Waals surface area (Å²) in [5.74, 6) is -0.719. The maximum atomic E-state index is 12.6. The predicted molar refractivity (Wildman–Crippen MR) is 76.9 cm³/mol. The SMILES string of the molecule is CCCN(CC)S(=O)(=O)c1ccc(N)cc1C(=O)OC. The average Bonchev–Trinajstić information content (AvgIpc) is 2.43. The molecular weight excluding hydrogens is 280 g/mol. The van der Waals surface area contributed by atoms with Crippen LogP contribution in [0.25, 0.3) is 0 Å². The van der Waals surface area contributed by atoms with E-state index in [-0.39, 0.29) is 10.5 Å². The molecule has 112 valence electrons. The van der Waals surface area contributed by atoms with Crippen molar-refractivity contribution in [2.24, 2.45) is 0 Å². The monoisotopic (exact) mass is 300 g/mol. The van der Waals surface area contributed by atoms with Crippen LogP contribution < -0.4 is 5.73 Å². The number of ether oxygens (including phenoxy) is 1. The number of nitrogens with zero attached hydrogens (tertiary/aromatic N) is 1. The molecule has 0 unspecified atom stereocenters. The van der Waals surface area contributed by atoms with Crippen molar-refractivity contribution in [2.75, 3.05) is 25.9 Å². The van der Waals surface area contributed by atoms with Crippen molar-refractivity contribution in [2.45, 2.75) is 25.2 Å². The Morgan fingerprint density at radius 2 is 2.00 bits per heavy atom. The minimum Gasteiger partial charge on any atom is -0.465 e. The Balaban J connectivity index is 3.41. The van der Waals surface area contributed by atoms with E-state index in [1.165, 1.54) is 29.6 Å². The first kappa shape index (κ1) is 16.5. The first-order valence-corrected chi connectivity index (χ1v) is 7.80. The van der Waals surface area contributed by atoms with Gasteiger partial charge in [0, 0.05) is 18.8 Å². The lowest BCUT2D eigenvalue weighted by atomic mass is 10.2. The Labute approximate surface area is 119 Å². The van der Waals surface area contributed by atoms with Crippen LogP contribution in [0.2, 0.25) is 0 Å². The largest absolute Gasteiger partial charge is 0.465 e. The van der Waals surface area contributed by atoms with Crippen molar-refractivity contribution in [3.8, 4) is 0 Å². The first-order valence-electron chi connectivity index (χ1n) is 6.36. The van der Waals surface area contributed by atoms with Crippen LogP contribution in [0.3, 0.4) is 0 Å². The minimum atomic E-state index is -3.74. The predicted octanol–water partition coefficient (Wildman–Crippen LogP) is 1.48. The number of benzene rings is 1. The lowest BCUT2D eigenvalue weighted by Crippen LogP contribution is -2.32. The molecule has 0 spiro atoms. The highest BCUT2D eigenvalue weighted by Crippen LogP contribution is 2.23. The summed E-state index contributed by atoms with van der Waals surface area (Å²) in [7, 11) is -2.54. The van der Waals surface area contributed by atoms with Crippen LogP contribution in [0.15, 0.2) is 23.1 Å². The highest BCUT2D eigenvalue weighted by atomic mass is 32.2. The summed E-state index contributed by atoms with van der Waals surface area (Å²) < 4.78 is 31.1. The van der Waals surface area contributed by atoms with Crippen molar-refractivity contribution in [1.29, 1.82) is 0 Å². The van der Waals surface area contributed by atoms with Gasteiger partial charge in [0.15, 0.2) is 0 Å². The second kappa shape index (κ2) is 6.71. The summed E-state index contributed by atoms with van der Waals surface area (Å²) >= 11 is 0. The smallest absolute Gasteiger partial charge is 0.339 e. The van der Waals surface area contributed by atoms with Crippen molar-refractivity contribution in [3.63, 3.8) is 0 Å². The summed E-state index contributed by atoms with van der Waals surface area (Å²) in [6, 6.07) is 4.12. The summed E-state index contributed by atoms with van der Waals surface area (Å²) in [4.78, 5) is 11.7. The van der Waals surface area contributed by atoms with Crippen LogP contribution in [-0.4, -0.2) is 38.9 Å². The number of methoxy groups -OCH3 is 1. The van der Waals surface area contributed by atoms with E-state index >= 15 is 0 Å². The van der Waals surface area contributed by atoms with E-state index in [1.807, 2.05) is 6.92 Å². The molecule has 1 aromatic rings. The highest BCUT2D eigenvalue weighted by molar-refractivity contribution is 7.89. The number of nitrogen functional groups attached to an aromatic ring is 1. The zero-order valence-corrected chi connectivity index (χ0v) is 12.7. The van der Waals surface area contributed by atoms with Gasteiger partial charge < -0.3 is 10.5 Å². The number of carbonyl (C=O) groups excluding carboxylic acids is 1. The van der Waals surface area contributed by atoms with Crippen LogP contribution in [0.5, 0.6) is 0 Å². The number of rotatable bonds is 6. The molecule has 0 bridgehead atoms. The molecule has 0 aromatic heterocycles. The Kier molecular flexibility index (Phi) is 5.52. The van der Waals surface area contributed by atoms with Gasteiger partial charge in [0.25, 0.3) is 0 Å². The number of carbonyl (C=O) groups is 1. The maximum Gasteiger partial charge on any atom is 0.339 e. The van der Waals surface area contributed by atoms with Crippen LogP contribution in [-0.2, 0) is 14.8 Å². The lowest BCUT2D eigenvalue weighted by Gasteiger charge is -2.21. The van der Waals surface area contributed by atoms with E-state index in [9.17, 15) is 13.2 Å². The molecule has 1 rings (SSSR count). The van der Waals surface area contributed by atoms with Gasteiger partial charge in [0.2, 0.25) is 10.0 Å². The van der Waals surface area contributed by atoms with Gasteiger partial charge in [0.05, 0.1) is 17.6 Å². The lowest BCUT2D eigenvalue weighted by molar-refractivity contribution is 0.0596. The fourth-order valence-electron chi connectivity index (χ4n) is 1.88. The Morgan fingerprint density at radius 3 is 2.50 bits per heavy atom. The minimum absolute atomic E-state index is 0.0398. The summed E-state index contributed by atoms with van der Waals surface area (Å²) in [6.45, 7) is 4.37. The standard InChI is InChI=1S/C13H20N2O4S/c1-4-8-15(5-2)20(17,18)12-7-6-10(14)9-11(12)13(16)19-3/h6-7,9H,4-5,8,14H2,1-3H3. The molecule has 0 amide bonds. The maximum absolute atomic E-state index is 12.6. The van der Waals surface area contributed by atoms with Gasteiger partial charge in [-0.15, -0.1) is 0 Å². The first-order chi connectivity index (χ1) is 9.38. The molecule has 1 aromatic carbocycles. The molecule has 2 N–H and O–H groups in total. The van der Waals surface area contributed by atoms with E-state index in [0.717, 1.165) is 0 Å². The summed E-state index contributed by atoms with van der Waals surface area (Å²) in [5.41, 5.74) is 5.88. The van der Waals surface area contributed by atoms with Gasteiger partial charge >= 0.3 is 5.97 Å². The number of hydrogen-bond donors (Lipinski definition) is 1. The van der Waals surface area contributed by atoms with Crippen molar-refractivity contribution < 1.29 is 17.9 Å². The molecule has 0 saturated carbocycles. The normalized spacial score (nSPS) is 11.6. The van der Waals surface area contributed by atoms with E-state index in [4.69, 9.17) is 5.73 Å². The Hall–Kier alpha value is -1.60. The fraction of sp³-hybridized carbons (Fsp3) is 0.462. The average molecular weight is 300 g/mol. The molecule has 0 fully saturated rings. The topological polar surface area (TPSA) is 89.7 Å². The van der Waals surface area contributed by atoms with Crippen LogP contribution >= 0.6 is 0 Å². The second-order valence-corrected chi connectivity index (χ2v) is 6.15. The number of nitrogens with two attached hydrogens (primary N) is 1. The molecule has 20 heavy (non-hydrogen) atoms. The highest BCUT2D eigenvalue weighted by Gasteiger charge is 2.28. The van der Waals surface area contributed by atoms with Crippen LogP contribution in [0, 0.1) is 0 Å². The van der Waals surface area contributed by atoms with Gasteiger partial charge in [0.1, 0.15) is 0 Å². The van der Waals surface area contributed by atoms with Crippen molar-refractivity contribution in [1.82, 2.24) is 4.31 Å². The molecule has 0 radical (unpaired) electrons. The molecule has 0 saturated heterocycles. The number of hydrogen-bond acceptors (Lipinski definition) is 5. The summed E-state index contributed by atoms with van der Waals surface area (Å²) in [6.07, 6.45) is 0.690. The van der Waals surface area contributed by atoms with Gasteiger partial charge in [-0.2, -0.15) is 4.31 Å². The number of esters is 1. The van der Waals surface area contributed by atoms with E-state index in [2.05, 4.69) is 4.74 Å². The molecule has 0 heterocycles. The molecular formula is C13H20N2O4S. The van der Waals surface area contributed by atoms with Gasteiger partial charge in [-0.25, -0.2) is 13.2 Å². The Morgan fingerprint density at radius 1 is 1.35 bits per heavy atom. The number of anilines is 1. The van der Waals surface area contributed by atoms with Gasteiger partial charge in [-0.05, 0) is 24.6 Å². The van der Waals surface area contributed by atoms with Crippen LogP contribution in [0.1, 0.15) is 30.6 Å². The Bertz CT molecular complexity index is 584. The molecule has 0 aliphatic rings. The van der Waals surface area contributed by atoms with Gasteiger partial charge in [-0.3, -0.25) is 0 Å². The third-order valence-electron chi connectivity index (χ3n) is 2.85. The number of sulfonamides is 1. The third-order valence-corrected chi connectivity index (χ3v) is 4.88. The molecule has 6 nitrogen and oxygen atoms in total. The molecule has 0 aliphatic heterocycles. The third kappa shape index (κ3) is 3.29. The van der Waals surface area contributed by atoms with E-state index in [0.29, 0.717) is 25.2 Å². The molecule has 0 atom stereocenters. The fourth-order valence-corrected chi connectivity index (χ4v) is 3.58. The van der Waals surface area contributed by atoms with Gasteiger partial charge in [-0.1, -0.05) is 13.8 Å². The molecule has 0 aliphatic carbocycles. The molecule has 7 heteroatoms. The van der Waals surface area contributed by atoms with Crippen molar-refractivity contribution >= 4 is 21.7 Å².